The molecule has 0 unspecified atom stereocenters. The van der Waals surface area contributed by atoms with Crippen molar-refractivity contribution in [3.05, 3.63) is 61.3 Å². The normalized spacial score (nSPS) is 14.1. The lowest BCUT2D eigenvalue weighted by Gasteiger charge is -2.28. The van der Waals surface area contributed by atoms with Crippen LogP contribution in [0.3, 0.4) is 0 Å². The summed E-state index contributed by atoms with van der Waals surface area (Å²) in [5, 5.41) is 6.55. The molecule has 152 valence electrons. The van der Waals surface area contributed by atoms with Crippen LogP contribution in [-0.2, 0) is 4.74 Å². The first kappa shape index (κ1) is 18.4. The Morgan fingerprint density at radius 2 is 1.87 bits per heavy atom. The van der Waals surface area contributed by atoms with Crippen LogP contribution in [0.1, 0.15) is 0 Å². The summed E-state index contributed by atoms with van der Waals surface area (Å²) >= 11 is 0. The van der Waals surface area contributed by atoms with Gasteiger partial charge in [0, 0.05) is 68.1 Å². The van der Waals surface area contributed by atoms with E-state index in [-0.39, 0.29) is 0 Å². The molecule has 3 aromatic heterocycles. The van der Waals surface area contributed by atoms with E-state index in [1.54, 1.807) is 12.4 Å². The highest BCUT2D eigenvalue weighted by Gasteiger charge is 2.13. The fourth-order valence-electron chi connectivity index (χ4n) is 3.59. The molecule has 0 bridgehead atoms. The molecular formula is C22H23N7O. The number of anilines is 4. The molecule has 0 amide bonds. The van der Waals surface area contributed by atoms with Crippen molar-refractivity contribution in [2.45, 2.75) is 0 Å². The molecule has 5 rings (SSSR count). The molecule has 1 aliphatic heterocycles. The van der Waals surface area contributed by atoms with Gasteiger partial charge in [0.15, 0.2) is 11.5 Å². The number of hydrogen-bond acceptors (Lipinski definition) is 7. The predicted molar refractivity (Wildman–Crippen MR) is 119 cm³/mol. The summed E-state index contributed by atoms with van der Waals surface area (Å²) in [6.07, 6.45) is 9.26. The average molecular weight is 401 g/mol. The summed E-state index contributed by atoms with van der Waals surface area (Å²) in [5.41, 5.74) is 5.62. The lowest BCUT2D eigenvalue weighted by molar-refractivity contribution is 0.122. The van der Waals surface area contributed by atoms with Gasteiger partial charge in [-0.25, -0.2) is 9.97 Å². The number of ether oxygens (including phenoxy) is 1. The van der Waals surface area contributed by atoms with Crippen molar-refractivity contribution >= 4 is 28.5 Å². The maximum absolute atomic E-state index is 5.44. The van der Waals surface area contributed by atoms with E-state index in [1.807, 2.05) is 36.1 Å². The molecule has 4 aromatic rings. The molecule has 0 spiro atoms. The molecule has 1 aromatic carbocycles. The Balaban J connectivity index is 1.45. The fraction of sp³-hybridized carbons (Fsp3) is 0.227. The van der Waals surface area contributed by atoms with E-state index in [2.05, 4.69) is 49.8 Å². The summed E-state index contributed by atoms with van der Waals surface area (Å²) in [6.45, 7) is 3.39. The maximum Gasteiger partial charge on any atom is 0.180 e. The molecule has 1 fully saturated rings. The highest BCUT2D eigenvalue weighted by Crippen LogP contribution is 2.26. The van der Waals surface area contributed by atoms with Crippen LogP contribution >= 0.6 is 0 Å². The van der Waals surface area contributed by atoms with Crippen LogP contribution in [0.25, 0.3) is 16.9 Å². The second-order valence-corrected chi connectivity index (χ2v) is 7.12. The van der Waals surface area contributed by atoms with Crippen molar-refractivity contribution in [2.24, 2.45) is 0 Å². The predicted octanol–water partition coefficient (Wildman–Crippen LogP) is 3.41. The fourth-order valence-corrected chi connectivity index (χ4v) is 3.59. The average Bonchev–Trinajstić information content (AvgIpc) is 3.29. The maximum atomic E-state index is 5.44. The number of benzene rings is 1. The van der Waals surface area contributed by atoms with Crippen molar-refractivity contribution in [1.29, 1.82) is 0 Å². The van der Waals surface area contributed by atoms with Gasteiger partial charge in [0.2, 0.25) is 0 Å². The van der Waals surface area contributed by atoms with Gasteiger partial charge in [0.25, 0.3) is 0 Å². The van der Waals surface area contributed by atoms with Crippen LogP contribution in [0.2, 0.25) is 0 Å². The number of nitrogens with zero attached hydrogens (tertiary/aromatic N) is 5. The van der Waals surface area contributed by atoms with Crippen LogP contribution in [0.4, 0.5) is 22.9 Å². The molecule has 2 N–H and O–H groups in total. The van der Waals surface area contributed by atoms with Crippen LogP contribution in [0, 0.1) is 0 Å². The van der Waals surface area contributed by atoms with Gasteiger partial charge in [-0.15, -0.1) is 0 Å². The van der Waals surface area contributed by atoms with Gasteiger partial charge in [0.05, 0.1) is 24.6 Å². The number of aromatic nitrogens is 4. The Kier molecular flexibility index (Phi) is 4.90. The third-order valence-corrected chi connectivity index (χ3v) is 5.20. The highest BCUT2D eigenvalue weighted by molar-refractivity contribution is 5.74. The number of morpholine rings is 1. The summed E-state index contributed by atoms with van der Waals surface area (Å²) in [6, 6.07) is 10.4. The van der Waals surface area contributed by atoms with Crippen LogP contribution in [-0.4, -0.2) is 52.7 Å². The Morgan fingerprint density at radius 1 is 1.03 bits per heavy atom. The standard InChI is InChI=1S/C22H23N7O/c1-23-18-12-16(13-24-14-18)20-15-29-7-6-25-22(29)21(27-20)26-17-2-4-19(5-3-17)28-8-10-30-11-9-28/h2-7,12-15,23H,8-11H2,1H3,(H,26,27). The number of nitrogens with one attached hydrogen (secondary N) is 2. The van der Waals surface area contributed by atoms with Gasteiger partial charge in [-0.1, -0.05) is 0 Å². The van der Waals surface area contributed by atoms with Crippen LogP contribution < -0.4 is 15.5 Å². The monoisotopic (exact) mass is 401 g/mol. The lowest BCUT2D eigenvalue weighted by Crippen LogP contribution is -2.36. The highest BCUT2D eigenvalue weighted by atomic mass is 16.5. The largest absolute Gasteiger partial charge is 0.387 e. The Bertz CT molecular complexity index is 1150. The smallest absolute Gasteiger partial charge is 0.180 e. The minimum atomic E-state index is 0.700. The van der Waals surface area contributed by atoms with Gasteiger partial charge < -0.3 is 24.7 Å². The van der Waals surface area contributed by atoms with E-state index < -0.39 is 0 Å². The van der Waals surface area contributed by atoms with E-state index in [4.69, 9.17) is 9.72 Å². The summed E-state index contributed by atoms with van der Waals surface area (Å²) < 4.78 is 7.41. The zero-order chi connectivity index (χ0) is 20.3. The third kappa shape index (κ3) is 3.65. The van der Waals surface area contributed by atoms with Crippen LogP contribution in [0.15, 0.2) is 61.3 Å². The van der Waals surface area contributed by atoms with Crippen molar-refractivity contribution in [3.8, 4) is 11.3 Å². The number of imidazole rings is 1. The van der Waals surface area contributed by atoms with Gasteiger partial charge in [0.1, 0.15) is 0 Å². The zero-order valence-corrected chi connectivity index (χ0v) is 16.7. The number of pyridine rings is 1. The lowest BCUT2D eigenvalue weighted by atomic mass is 10.2. The molecule has 8 heteroatoms. The molecule has 0 aliphatic carbocycles. The van der Waals surface area contributed by atoms with Crippen molar-refractivity contribution < 1.29 is 4.74 Å². The summed E-state index contributed by atoms with van der Waals surface area (Å²) in [5.74, 6) is 0.700. The first-order valence-corrected chi connectivity index (χ1v) is 9.97. The molecule has 1 aliphatic rings. The third-order valence-electron chi connectivity index (χ3n) is 5.20. The second kappa shape index (κ2) is 8.00. The molecule has 0 atom stereocenters. The first-order chi connectivity index (χ1) is 14.8. The van der Waals surface area contributed by atoms with E-state index in [0.29, 0.717) is 5.82 Å². The van der Waals surface area contributed by atoms with E-state index in [0.717, 1.165) is 54.6 Å². The zero-order valence-electron chi connectivity index (χ0n) is 16.7. The Morgan fingerprint density at radius 3 is 2.67 bits per heavy atom. The summed E-state index contributed by atoms with van der Waals surface area (Å²) in [7, 11) is 1.88. The molecule has 4 heterocycles. The summed E-state index contributed by atoms with van der Waals surface area (Å²) in [4.78, 5) is 15.9. The molecule has 0 radical (unpaired) electrons. The minimum Gasteiger partial charge on any atom is -0.387 e. The van der Waals surface area contributed by atoms with Crippen LogP contribution in [0.5, 0.6) is 0 Å². The van der Waals surface area contributed by atoms with E-state index >= 15 is 0 Å². The number of fused-ring (bicyclic) bond motifs is 1. The Labute approximate surface area is 174 Å². The van der Waals surface area contributed by atoms with E-state index in [1.165, 1.54) is 5.69 Å². The topological polar surface area (TPSA) is 79.6 Å². The van der Waals surface area contributed by atoms with E-state index in [9.17, 15) is 0 Å². The van der Waals surface area contributed by atoms with Gasteiger partial charge in [-0.2, -0.15) is 0 Å². The molecular weight excluding hydrogens is 378 g/mol. The second-order valence-electron chi connectivity index (χ2n) is 7.12. The number of hydrogen-bond donors (Lipinski definition) is 2. The van der Waals surface area contributed by atoms with Crippen molar-refractivity contribution in [3.63, 3.8) is 0 Å². The molecule has 1 saturated heterocycles. The SMILES string of the molecule is CNc1cncc(-c2cn3ccnc3c(Nc3ccc(N4CCOCC4)cc3)n2)c1. The number of rotatable bonds is 5. The molecule has 0 saturated carbocycles. The van der Waals surface area contributed by atoms with Crippen molar-refractivity contribution in [2.75, 3.05) is 48.9 Å². The molecule has 8 nitrogen and oxygen atoms in total. The quantitative estimate of drug-likeness (QED) is 0.530. The first-order valence-electron chi connectivity index (χ1n) is 9.97. The van der Waals surface area contributed by atoms with Gasteiger partial charge in [-0.05, 0) is 30.3 Å². The van der Waals surface area contributed by atoms with Gasteiger partial charge >= 0.3 is 0 Å². The Hall–Kier alpha value is -3.65. The van der Waals surface area contributed by atoms with Gasteiger partial charge in [-0.3, -0.25) is 4.98 Å². The molecule has 30 heavy (non-hydrogen) atoms. The minimum absolute atomic E-state index is 0.700. The van der Waals surface area contributed by atoms with Crippen molar-refractivity contribution in [1.82, 2.24) is 19.4 Å².